The van der Waals surface area contributed by atoms with Crippen LogP contribution in [-0.2, 0) is 9.53 Å². The molecule has 0 heterocycles. The monoisotopic (exact) mass is 202 g/mol. The van der Waals surface area contributed by atoms with Gasteiger partial charge in [0.05, 0.1) is 0 Å². The van der Waals surface area contributed by atoms with Gasteiger partial charge in [-0.05, 0) is 40.2 Å². The largest absolute Gasteiger partial charge is 0.459 e. The Bertz CT molecular complexity index is 175. The van der Waals surface area contributed by atoms with Crippen LogP contribution in [0.4, 0.5) is 0 Å². The maximum absolute atomic E-state index is 11.4. The summed E-state index contributed by atoms with van der Waals surface area (Å²) >= 11 is 0. The lowest BCUT2D eigenvalue weighted by Crippen LogP contribution is -2.37. The predicted octanol–water partition coefficient (Wildman–Crippen LogP) is 0.784. The number of esters is 1. The number of hydrogen-bond acceptors (Lipinski definition) is 4. The van der Waals surface area contributed by atoms with E-state index in [2.05, 4.69) is 0 Å². The Morgan fingerprint density at radius 3 is 2.36 bits per heavy atom. The van der Waals surface area contributed by atoms with Crippen LogP contribution < -0.4 is 11.5 Å². The third kappa shape index (κ3) is 6.86. The molecular formula is C10H22N2O2. The molecule has 0 spiro atoms. The van der Waals surface area contributed by atoms with Crippen LogP contribution in [0.1, 0.15) is 40.0 Å². The van der Waals surface area contributed by atoms with E-state index in [1.165, 1.54) is 0 Å². The first-order valence-electron chi connectivity index (χ1n) is 5.05. The summed E-state index contributed by atoms with van der Waals surface area (Å²) in [6.45, 7) is 6.13. The molecule has 14 heavy (non-hydrogen) atoms. The number of nitrogens with two attached hydrogens (primary N) is 2. The molecule has 0 aliphatic rings. The Labute approximate surface area is 86.0 Å². The second-order valence-electron chi connectivity index (χ2n) is 4.42. The molecule has 0 aliphatic carbocycles. The van der Waals surface area contributed by atoms with Gasteiger partial charge in [-0.2, -0.15) is 0 Å². The van der Waals surface area contributed by atoms with E-state index in [1.54, 1.807) is 0 Å². The molecule has 0 aromatic rings. The quantitative estimate of drug-likeness (QED) is 0.510. The fourth-order valence-corrected chi connectivity index (χ4v) is 1.00. The summed E-state index contributed by atoms with van der Waals surface area (Å²) in [5.74, 6) is -0.325. The molecule has 0 radical (unpaired) electrons. The number of unbranched alkanes of at least 4 members (excludes halogenated alkanes) is 1. The highest BCUT2D eigenvalue weighted by Crippen LogP contribution is 2.09. The first-order chi connectivity index (χ1) is 6.37. The van der Waals surface area contributed by atoms with Crippen molar-refractivity contribution >= 4 is 5.97 Å². The molecule has 0 bridgehead atoms. The number of carbonyl (C=O) groups is 1. The lowest BCUT2D eigenvalue weighted by molar-refractivity contribution is -0.156. The number of hydrogen-bond donors (Lipinski definition) is 2. The zero-order valence-corrected chi connectivity index (χ0v) is 9.38. The van der Waals surface area contributed by atoms with Crippen LogP contribution in [0.15, 0.2) is 0 Å². The normalized spacial score (nSPS) is 13.8. The van der Waals surface area contributed by atoms with Gasteiger partial charge >= 0.3 is 5.97 Å². The van der Waals surface area contributed by atoms with E-state index in [-0.39, 0.29) is 5.97 Å². The van der Waals surface area contributed by atoms with Crippen LogP contribution >= 0.6 is 0 Å². The summed E-state index contributed by atoms with van der Waals surface area (Å²) in [5.41, 5.74) is 10.5. The molecular weight excluding hydrogens is 180 g/mol. The van der Waals surface area contributed by atoms with Gasteiger partial charge in [-0.15, -0.1) is 0 Å². The average Bonchev–Trinajstić information content (AvgIpc) is 2.01. The number of ether oxygens (including phenoxy) is 1. The van der Waals surface area contributed by atoms with Gasteiger partial charge in [0.1, 0.15) is 11.6 Å². The van der Waals surface area contributed by atoms with Gasteiger partial charge in [-0.25, -0.2) is 0 Å². The number of rotatable bonds is 5. The topological polar surface area (TPSA) is 78.3 Å². The van der Waals surface area contributed by atoms with Crippen molar-refractivity contribution in [2.75, 3.05) is 6.54 Å². The van der Waals surface area contributed by atoms with Crippen LogP contribution in [0.5, 0.6) is 0 Å². The van der Waals surface area contributed by atoms with Crippen molar-refractivity contribution < 1.29 is 9.53 Å². The molecule has 0 saturated carbocycles. The molecule has 1 atom stereocenters. The van der Waals surface area contributed by atoms with Crippen LogP contribution in [0.3, 0.4) is 0 Å². The minimum atomic E-state index is -0.513. The van der Waals surface area contributed by atoms with E-state index >= 15 is 0 Å². The van der Waals surface area contributed by atoms with Crippen molar-refractivity contribution in [1.29, 1.82) is 0 Å². The SMILES string of the molecule is CC(C)(C)OC(=O)[C@@H](N)CCCCN. The second-order valence-corrected chi connectivity index (χ2v) is 4.42. The standard InChI is InChI=1S/C10H22N2O2/c1-10(2,3)14-9(13)8(12)6-4-5-7-11/h8H,4-7,11-12H2,1-3H3/t8-/m0/s1. The molecule has 4 nitrogen and oxygen atoms in total. The molecule has 0 fully saturated rings. The highest BCUT2D eigenvalue weighted by Gasteiger charge is 2.21. The second kappa shape index (κ2) is 5.98. The van der Waals surface area contributed by atoms with Gasteiger partial charge in [-0.1, -0.05) is 6.42 Å². The first-order valence-corrected chi connectivity index (χ1v) is 5.05. The van der Waals surface area contributed by atoms with E-state index in [9.17, 15) is 4.79 Å². The average molecular weight is 202 g/mol. The zero-order valence-electron chi connectivity index (χ0n) is 9.38. The van der Waals surface area contributed by atoms with Crippen molar-refractivity contribution in [3.8, 4) is 0 Å². The summed E-state index contributed by atoms with van der Waals surface area (Å²) in [4.78, 5) is 11.4. The zero-order chi connectivity index (χ0) is 11.2. The highest BCUT2D eigenvalue weighted by atomic mass is 16.6. The molecule has 4 N–H and O–H groups in total. The molecule has 0 unspecified atom stereocenters. The van der Waals surface area contributed by atoms with Crippen LogP contribution in [0, 0.1) is 0 Å². The Kier molecular flexibility index (Phi) is 5.72. The number of carbonyl (C=O) groups excluding carboxylic acids is 1. The molecule has 0 saturated heterocycles. The van der Waals surface area contributed by atoms with Crippen LogP contribution in [0.2, 0.25) is 0 Å². The van der Waals surface area contributed by atoms with E-state index in [1.807, 2.05) is 20.8 Å². The van der Waals surface area contributed by atoms with E-state index in [0.717, 1.165) is 12.8 Å². The van der Waals surface area contributed by atoms with Gasteiger partial charge in [-0.3, -0.25) is 4.79 Å². The summed E-state index contributed by atoms with van der Waals surface area (Å²) in [5, 5.41) is 0. The molecule has 4 heteroatoms. The van der Waals surface area contributed by atoms with Gasteiger partial charge < -0.3 is 16.2 Å². The molecule has 0 aromatic heterocycles. The highest BCUT2D eigenvalue weighted by molar-refractivity contribution is 5.75. The third-order valence-corrected chi connectivity index (χ3v) is 1.68. The van der Waals surface area contributed by atoms with Crippen LogP contribution in [-0.4, -0.2) is 24.2 Å². The minimum Gasteiger partial charge on any atom is -0.459 e. The smallest absolute Gasteiger partial charge is 0.323 e. The first kappa shape index (κ1) is 13.4. The van der Waals surface area contributed by atoms with Gasteiger partial charge in [0, 0.05) is 0 Å². The van der Waals surface area contributed by atoms with E-state index in [0.29, 0.717) is 13.0 Å². The van der Waals surface area contributed by atoms with Crippen LogP contribution in [0.25, 0.3) is 0 Å². The van der Waals surface area contributed by atoms with E-state index in [4.69, 9.17) is 16.2 Å². The summed E-state index contributed by atoms with van der Waals surface area (Å²) in [7, 11) is 0. The van der Waals surface area contributed by atoms with Crippen molar-refractivity contribution in [3.63, 3.8) is 0 Å². The molecule has 0 amide bonds. The fourth-order valence-electron chi connectivity index (χ4n) is 1.00. The van der Waals surface area contributed by atoms with Crippen molar-refractivity contribution in [1.82, 2.24) is 0 Å². The fraction of sp³-hybridized carbons (Fsp3) is 0.900. The Hall–Kier alpha value is -0.610. The maximum Gasteiger partial charge on any atom is 0.323 e. The summed E-state index contributed by atoms with van der Waals surface area (Å²) < 4.78 is 5.13. The summed E-state index contributed by atoms with van der Waals surface area (Å²) in [6, 6.07) is -0.513. The van der Waals surface area contributed by atoms with Crippen molar-refractivity contribution in [3.05, 3.63) is 0 Å². The Morgan fingerprint density at radius 2 is 1.93 bits per heavy atom. The lowest BCUT2D eigenvalue weighted by Gasteiger charge is -2.22. The molecule has 0 aromatic carbocycles. The lowest BCUT2D eigenvalue weighted by atomic mass is 10.1. The van der Waals surface area contributed by atoms with E-state index < -0.39 is 11.6 Å². The minimum absolute atomic E-state index is 0.325. The predicted molar refractivity (Wildman–Crippen MR) is 56.7 cm³/mol. The van der Waals surface area contributed by atoms with Gasteiger partial charge in [0.15, 0.2) is 0 Å². The molecule has 84 valence electrons. The molecule has 0 rings (SSSR count). The Balaban J connectivity index is 3.77. The Morgan fingerprint density at radius 1 is 1.36 bits per heavy atom. The van der Waals surface area contributed by atoms with Crippen molar-refractivity contribution in [2.45, 2.75) is 51.7 Å². The maximum atomic E-state index is 11.4. The van der Waals surface area contributed by atoms with Crippen molar-refractivity contribution in [2.24, 2.45) is 11.5 Å². The summed E-state index contributed by atoms with van der Waals surface area (Å²) in [6.07, 6.45) is 2.42. The third-order valence-electron chi connectivity index (χ3n) is 1.68. The van der Waals surface area contributed by atoms with Gasteiger partial charge in [0.2, 0.25) is 0 Å². The molecule has 0 aliphatic heterocycles. The van der Waals surface area contributed by atoms with Gasteiger partial charge in [0.25, 0.3) is 0 Å².